The smallest absolute Gasteiger partial charge is 0.454 e. The first-order chi connectivity index (χ1) is 44.4. The Morgan fingerprint density at radius 1 is 0.489 bits per heavy atom. The average molecular weight is 1360 g/mol. The lowest BCUT2D eigenvalue weighted by Crippen LogP contribution is -2.67. The zero-order valence-corrected chi connectivity index (χ0v) is 59.5. The summed E-state index contributed by atoms with van der Waals surface area (Å²) in [7, 11) is -7.22. The molecule has 0 aromatic heterocycles. The Morgan fingerprint density at radius 3 is 1.53 bits per heavy atom. The Bertz CT molecular complexity index is 1950. The topological polar surface area (TPSA) is 300 Å². The molecule has 542 valence electrons. The number of hydrogen-bond donors (Lipinski definition) is 6. The SMILES string of the molecule is CCCCCC/C=C\CCCCCCCCCC(=O)N[C@H]1[C@H](OC[C@H]2O[C@H](OCCOP(=O)(O)O)[C@H](OC(=O)CC(=O)CCCCCCCCCCC)[C@@H](OCCCCCCCCCC)[C@@H]2O)O[C@H](COC)[C@@H](OP(=O)(O)O)[C@@H]1OCC[C@@H](CCCCCCC)OC. The third kappa shape index (κ3) is 42.8. The quantitative estimate of drug-likeness (QED) is 0.0108. The predicted octanol–water partition coefficient (Wildman–Crippen LogP) is 14.1. The molecule has 92 heavy (non-hydrogen) atoms. The Balaban J connectivity index is 2.50. The van der Waals surface area contributed by atoms with Gasteiger partial charge < -0.3 is 72.6 Å². The number of hydrogen-bond acceptors (Lipinski definition) is 17. The highest BCUT2D eigenvalue weighted by Gasteiger charge is 2.53. The van der Waals surface area contributed by atoms with Gasteiger partial charge in [0.2, 0.25) is 5.91 Å². The molecule has 24 heteroatoms. The van der Waals surface area contributed by atoms with E-state index in [2.05, 4.69) is 49.7 Å². The summed E-state index contributed by atoms with van der Waals surface area (Å²) >= 11 is 0. The number of carbonyl (C=O) groups excluding carboxylic acids is 3. The molecule has 2 heterocycles. The van der Waals surface area contributed by atoms with E-state index in [1.807, 2.05) is 0 Å². The largest absolute Gasteiger partial charge is 0.470 e. The van der Waals surface area contributed by atoms with Gasteiger partial charge in [-0.2, -0.15) is 0 Å². The lowest BCUT2D eigenvalue weighted by molar-refractivity contribution is -0.327. The molecule has 0 spiro atoms. The van der Waals surface area contributed by atoms with Crippen LogP contribution in [0.5, 0.6) is 0 Å². The van der Waals surface area contributed by atoms with Crippen molar-refractivity contribution in [3.8, 4) is 0 Å². The van der Waals surface area contributed by atoms with Crippen molar-refractivity contribution in [3.63, 3.8) is 0 Å². The highest BCUT2D eigenvalue weighted by Crippen LogP contribution is 2.43. The van der Waals surface area contributed by atoms with Crippen LogP contribution >= 0.6 is 15.6 Å². The Hall–Kier alpha value is -1.79. The van der Waals surface area contributed by atoms with Gasteiger partial charge in [0.05, 0.1) is 32.5 Å². The lowest BCUT2D eigenvalue weighted by atomic mass is 9.95. The van der Waals surface area contributed by atoms with Crippen molar-refractivity contribution >= 4 is 33.3 Å². The maximum Gasteiger partial charge on any atom is 0.470 e. The third-order valence-corrected chi connectivity index (χ3v) is 18.1. The molecule has 0 unspecified atom stereocenters. The molecule has 0 aromatic rings. The van der Waals surface area contributed by atoms with Crippen molar-refractivity contribution in [2.24, 2.45) is 0 Å². The molecule has 0 aliphatic carbocycles. The van der Waals surface area contributed by atoms with E-state index in [1.165, 1.54) is 58.5 Å². The molecule has 2 fully saturated rings. The molecule has 0 radical (unpaired) electrons. The lowest BCUT2D eigenvalue weighted by Gasteiger charge is -2.47. The molecule has 0 bridgehead atoms. The number of carbonyl (C=O) groups is 3. The maximum absolute atomic E-state index is 14.2. The fraction of sp³-hybridized carbons (Fsp3) is 0.926. The van der Waals surface area contributed by atoms with Gasteiger partial charge in [0.25, 0.3) is 0 Å². The summed E-state index contributed by atoms with van der Waals surface area (Å²) in [5.41, 5.74) is 0. The van der Waals surface area contributed by atoms with Gasteiger partial charge in [0.15, 0.2) is 18.7 Å². The number of Topliss-reactive ketones (excluding diaryl/α,β-unsaturated/α-hetero) is 1. The second-order valence-corrected chi connectivity index (χ2v) is 27.7. The second-order valence-electron chi connectivity index (χ2n) is 25.3. The molecule has 22 nitrogen and oxygen atoms in total. The normalized spacial score (nSPS) is 22.5. The first kappa shape index (κ1) is 86.3. The van der Waals surface area contributed by atoms with Crippen molar-refractivity contribution in [2.45, 2.75) is 352 Å². The minimum atomic E-state index is -5.27. The number of esters is 1. The van der Waals surface area contributed by atoms with Crippen LogP contribution in [-0.4, -0.2) is 164 Å². The van der Waals surface area contributed by atoms with E-state index in [0.29, 0.717) is 25.7 Å². The highest BCUT2D eigenvalue weighted by molar-refractivity contribution is 7.46. The summed E-state index contributed by atoms with van der Waals surface area (Å²) in [4.78, 5) is 80.9. The molecular formula is C68H129NO21P2. The number of unbranched alkanes of at least 4 members (excludes halogenated alkanes) is 30. The predicted molar refractivity (Wildman–Crippen MR) is 356 cm³/mol. The number of ether oxygens (including phenoxy) is 9. The molecule has 0 aromatic carbocycles. The summed E-state index contributed by atoms with van der Waals surface area (Å²) < 4.78 is 90.4. The fourth-order valence-corrected chi connectivity index (χ4v) is 12.7. The van der Waals surface area contributed by atoms with Crippen LogP contribution in [0.15, 0.2) is 12.2 Å². The molecule has 2 rings (SSSR count). The van der Waals surface area contributed by atoms with Crippen molar-refractivity contribution in [1.82, 2.24) is 5.32 Å². The number of methoxy groups -OCH3 is 2. The molecule has 6 N–H and O–H groups in total. The van der Waals surface area contributed by atoms with Gasteiger partial charge in [0.1, 0.15) is 54.9 Å². The van der Waals surface area contributed by atoms with E-state index in [1.54, 1.807) is 7.11 Å². The van der Waals surface area contributed by atoms with E-state index in [-0.39, 0.29) is 44.5 Å². The third-order valence-electron chi connectivity index (χ3n) is 17.1. The van der Waals surface area contributed by atoms with Crippen molar-refractivity contribution < 1.29 is 99.9 Å². The van der Waals surface area contributed by atoms with Gasteiger partial charge in [-0.15, -0.1) is 0 Å². The van der Waals surface area contributed by atoms with E-state index >= 15 is 0 Å². The molecule has 2 aliphatic heterocycles. The van der Waals surface area contributed by atoms with Crippen molar-refractivity contribution in [1.29, 1.82) is 0 Å². The van der Waals surface area contributed by atoms with Gasteiger partial charge in [-0.05, 0) is 57.8 Å². The number of rotatable bonds is 62. The van der Waals surface area contributed by atoms with Crippen LogP contribution in [0.2, 0.25) is 0 Å². The Morgan fingerprint density at radius 2 is 0.989 bits per heavy atom. The van der Waals surface area contributed by atoms with Crippen LogP contribution in [0.1, 0.15) is 285 Å². The Kier molecular flexibility index (Phi) is 51.7. The summed E-state index contributed by atoms with van der Waals surface area (Å²) in [6.07, 6.45) is 28.8. The zero-order valence-electron chi connectivity index (χ0n) is 57.7. The average Bonchev–Trinajstić information content (AvgIpc) is 1.36. The van der Waals surface area contributed by atoms with Gasteiger partial charge in [0, 0.05) is 40.3 Å². The zero-order chi connectivity index (χ0) is 67.5. The van der Waals surface area contributed by atoms with Crippen LogP contribution in [0.4, 0.5) is 0 Å². The maximum atomic E-state index is 14.2. The number of ketones is 1. The second kappa shape index (κ2) is 55.1. The van der Waals surface area contributed by atoms with Gasteiger partial charge >= 0.3 is 21.6 Å². The van der Waals surface area contributed by atoms with E-state index in [9.17, 15) is 48.2 Å². The number of aliphatic hydroxyl groups excluding tert-OH is 1. The standard InChI is InChI=1S/C68H129NO21P2/c1-7-11-15-19-22-25-26-27-28-29-30-32-34-38-42-46-59(71)69-61-64(83-49-47-56(81-6)45-41-36-18-14-10-4)63(90-92(77,78)79)58(53-80-5)88-67(61)85-54-57-62(73)65(82-48-43-39-35-24-21-17-13-9-3)66(68(87-57)84-50-51-86-91(74,75)76)89-60(72)52-55(70)44-40-37-33-31-23-20-16-12-8-2/h25-26,56-58,61-68,73H,7-24,27-54H2,1-6H3,(H,69,71)(H2,74,75,76)(H2,77,78,79)/b26-25-/t56-,57-,58-,61-,62-,63-,64-,65+,66-,67-,68+/m1/s1. The van der Waals surface area contributed by atoms with Crippen LogP contribution < -0.4 is 5.32 Å². The molecule has 2 saturated heterocycles. The number of aliphatic hydroxyl groups is 1. The van der Waals surface area contributed by atoms with E-state index in [0.717, 1.165) is 161 Å². The minimum absolute atomic E-state index is 0.0192. The van der Waals surface area contributed by atoms with Gasteiger partial charge in [-0.1, -0.05) is 220 Å². The number of phosphoric ester groups is 2. The van der Waals surface area contributed by atoms with Crippen LogP contribution in [0.3, 0.4) is 0 Å². The van der Waals surface area contributed by atoms with Gasteiger partial charge in [-0.3, -0.25) is 23.4 Å². The molecule has 1 amide bonds. The molecule has 2 aliphatic rings. The summed E-state index contributed by atoms with van der Waals surface area (Å²) in [5, 5.41) is 15.4. The number of nitrogens with one attached hydrogen (secondary N) is 1. The van der Waals surface area contributed by atoms with Crippen molar-refractivity contribution in [2.75, 3.05) is 53.9 Å². The Labute approximate surface area is 554 Å². The monoisotopic (exact) mass is 1360 g/mol. The van der Waals surface area contributed by atoms with Crippen LogP contribution in [-0.2, 0) is 75.2 Å². The first-order valence-electron chi connectivity index (χ1n) is 36.0. The summed E-state index contributed by atoms with van der Waals surface area (Å²) in [6, 6.07) is -1.29. The summed E-state index contributed by atoms with van der Waals surface area (Å²) in [6.45, 7) is 6.95. The number of amides is 1. The van der Waals surface area contributed by atoms with Gasteiger partial charge in [-0.25, -0.2) is 9.13 Å². The van der Waals surface area contributed by atoms with E-state index < -0.39 is 115 Å². The van der Waals surface area contributed by atoms with Crippen LogP contribution in [0.25, 0.3) is 0 Å². The molecular weight excluding hydrogens is 1230 g/mol. The van der Waals surface area contributed by atoms with Crippen molar-refractivity contribution in [3.05, 3.63) is 12.2 Å². The highest BCUT2D eigenvalue weighted by atomic mass is 31.2. The number of allylic oxidation sites excluding steroid dienone is 2. The minimum Gasteiger partial charge on any atom is -0.454 e. The molecule has 0 saturated carbocycles. The van der Waals surface area contributed by atoms with E-state index in [4.69, 9.17) is 47.2 Å². The molecule has 11 atom stereocenters. The number of phosphoric acid groups is 2. The first-order valence-corrected chi connectivity index (χ1v) is 39.0. The fourth-order valence-electron chi connectivity index (χ4n) is 11.8. The van der Waals surface area contributed by atoms with Crippen LogP contribution in [0, 0.1) is 0 Å². The summed E-state index contributed by atoms with van der Waals surface area (Å²) in [5.74, 6) is -1.65.